The summed E-state index contributed by atoms with van der Waals surface area (Å²) in [6, 6.07) is 15.2. The molecule has 144 valence electrons. The molecule has 27 heavy (non-hydrogen) atoms. The standard InChI is InChI=1S/C22H29N3O2/c1-3-27-21(26)18-10-12-20(13-11-18)25-22(23-2)24-15-16-8-9-17-6-4-5-7-19(17)14-16/h4-9,14,18,20H,3,10-13,15H2,1-2H3,(H2,23,24,25). The van der Waals surface area contributed by atoms with E-state index in [1.54, 1.807) is 7.05 Å². The molecule has 0 atom stereocenters. The molecule has 0 aliphatic heterocycles. The normalized spacial score (nSPS) is 20.3. The molecule has 2 aromatic carbocycles. The monoisotopic (exact) mass is 367 g/mol. The van der Waals surface area contributed by atoms with Crippen molar-refractivity contribution in [2.24, 2.45) is 10.9 Å². The third kappa shape index (κ3) is 5.22. The summed E-state index contributed by atoms with van der Waals surface area (Å²) < 4.78 is 5.14. The van der Waals surface area contributed by atoms with Gasteiger partial charge in [0.25, 0.3) is 0 Å². The molecule has 1 saturated carbocycles. The van der Waals surface area contributed by atoms with Crippen LogP contribution in [0.2, 0.25) is 0 Å². The predicted molar refractivity (Wildman–Crippen MR) is 110 cm³/mol. The maximum Gasteiger partial charge on any atom is 0.308 e. The van der Waals surface area contributed by atoms with Crippen molar-refractivity contribution in [3.8, 4) is 0 Å². The van der Waals surface area contributed by atoms with Crippen LogP contribution in [-0.2, 0) is 16.1 Å². The van der Waals surface area contributed by atoms with Crippen LogP contribution >= 0.6 is 0 Å². The average molecular weight is 367 g/mol. The quantitative estimate of drug-likeness (QED) is 0.481. The number of carbonyl (C=O) groups excluding carboxylic acids is 1. The van der Waals surface area contributed by atoms with Gasteiger partial charge in [-0.3, -0.25) is 9.79 Å². The first-order valence-electron chi connectivity index (χ1n) is 9.81. The van der Waals surface area contributed by atoms with Crippen LogP contribution in [0.15, 0.2) is 47.5 Å². The van der Waals surface area contributed by atoms with Crippen molar-refractivity contribution in [2.75, 3.05) is 13.7 Å². The van der Waals surface area contributed by atoms with E-state index in [1.165, 1.54) is 16.3 Å². The van der Waals surface area contributed by atoms with Crippen LogP contribution in [0.1, 0.15) is 38.2 Å². The second-order valence-corrected chi connectivity index (χ2v) is 7.05. The predicted octanol–water partition coefficient (Wildman–Crippen LogP) is 3.63. The lowest BCUT2D eigenvalue weighted by molar-refractivity contribution is -0.149. The minimum atomic E-state index is -0.0465. The van der Waals surface area contributed by atoms with Crippen LogP contribution < -0.4 is 10.6 Å². The Morgan fingerprint density at radius 3 is 2.56 bits per heavy atom. The van der Waals surface area contributed by atoms with Gasteiger partial charge in [-0.15, -0.1) is 0 Å². The lowest BCUT2D eigenvalue weighted by Crippen LogP contribution is -2.45. The summed E-state index contributed by atoms with van der Waals surface area (Å²) in [6.07, 6.45) is 3.66. The fourth-order valence-electron chi connectivity index (χ4n) is 3.66. The van der Waals surface area contributed by atoms with Gasteiger partial charge in [-0.1, -0.05) is 36.4 Å². The van der Waals surface area contributed by atoms with E-state index in [-0.39, 0.29) is 11.9 Å². The third-order valence-corrected chi connectivity index (χ3v) is 5.19. The van der Waals surface area contributed by atoms with E-state index in [4.69, 9.17) is 4.74 Å². The number of hydrogen-bond acceptors (Lipinski definition) is 3. The molecule has 5 nitrogen and oxygen atoms in total. The molecule has 1 fully saturated rings. The molecular formula is C22H29N3O2. The summed E-state index contributed by atoms with van der Waals surface area (Å²) in [7, 11) is 1.79. The molecule has 2 N–H and O–H groups in total. The molecule has 3 rings (SSSR count). The zero-order valence-corrected chi connectivity index (χ0v) is 16.2. The number of guanidine groups is 1. The van der Waals surface area contributed by atoms with Crippen LogP contribution in [0.3, 0.4) is 0 Å². The van der Waals surface area contributed by atoms with Crippen molar-refractivity contribution in [3.05, 3.63) is 48.0 Å². The van der Waals surface area contributed by atoms with E-state index < -0.39 is 0 Å². The molecule has 0 aromatic heterocycles. The van der Waals surface area contributed by atoms with Gasteiger partial charge in [0, 0.05) is 19.6 Å². The SMILES string of the molecule is CCOC(=O)C1CCC(NC(=NC)NCc2ccc3ccccc3c2)CC1. The van der Waals surface area contributed by atoms with E-state index in [0.29, 0.717) is 12.6 Å². The summed E-state index contributed by atoms with van der Waals surface area (Å²) in [6.45, 7) is 3.04. The van der Waals surface area contributed by atoms with Gasteiger partial charge in [-0.05, 0) is 55.0 Å². The molecule has 0 unspecified atom stereocenters. The van der Waals surface area contributed by atoms with Gasteiger partial charge in [-0.2, -0.15) is 0 Å². The molecule has 0 amide bonds. The van der Waals surface area contributed by atoms with Crippen LogP contribution in [-0.4, -0.2) is 31.6 Å². The Labute approximate surface area is 161 Å². The van der Waals surface area contributed by atoms with Crippen molar-refractivity contribution < 1.29 is 9.53 Å². The number of nitrogens with one attached hydrogen (secondary N) is 2. The van der Waals surface area contributed by atoms with E-state index in [9.17, 15) is 4.79 Å². The second kappa shape index (κ2) is 9.40. The number of ether oxygens (including phenoxy) is 1. The molecular weight excluding hydrogens is 338 g/mol. The van der Waals surface area contributed by atoms with Gasteiger partial charge in [0.05, 0.1) is 12.5 Å². The Hall–Kier alpha value is -2.56. The minimum absolute atomic E-state index is 0.0465. The number of esters is 1. The first-order valence-corrected chi connectivity index (χ1v) is 9.81. The lowest BCUT2D eigenvalue weighted by Gasteiger charge is -2.29. The first kappa shape index (κ1) is 19.2. The Balaban J connectivity index is 1.49. The first-order chi connectivity index (χ1) is 13.2. The topological polar surface area (TPSA) is 62.7 Å². The maximum absolute atomic E-state index is 11.9. The number of nitrogens with zero attached hydrogens (tertiary/aromatic N) is 1. The van der Waals surface area contributed by atoms with Gasteiger partial charge in [0.1, 0.15) is 0 Å². The summed E-state index contributed by atoms with van der Waals surface area (Å²) >= 11 is 0. The fraction of sp³-hybridized carbons (Fsp3) is 0.455. The summed E-state index contributed by atoms with van der Waals surface area (Å²) in [4.78, 5) is 16.2. The van der Waals surface area contributed by atoms with E-state index >= 15 is 0 Å². The minimum Gasteiger partial charge on any atom is -0.466 e. The third-order valence-electron chi connectivity index (χ3n) is 5.19. The molecule has 0 heterocycles. The van der Waals surface area contributed by atoms with Gasteiger partial charge < -0.3 is 15.4 Å². The number of rotatable bonds is 5. The second-order valence-electron chi connectivity index (χ2n) is 7.05. The molecule has 2 aromatic rings. The largest absolute Gasteiger partial charge is 0.466 e. The van der Waals surface area contributed by atoms with Gasteiger partial charge >= 0.3 is 5.97 Å². The van der Waals surface area contributed by atoms with Crippen LogP contribution in [0.4, 0.5) is 0 Å². The van der Waals surface area contributed by atoms with Gasteiger partial charge in [0.2, 0.25) is 0 Å². The summed E-state index contributed by atoms with van der Waals surface area (Å²) in [5.74, 6) is 0.813. The van der Waals surface area contributed by atoms with Crippen LogP contribution in [0.25, 0.3) is 10.8 Å². The highest BCUT2D eigenvalue weighted by Gasteiger charge is 2.27. The molecule has 0 spiro atoms. The molecule has 1 aliphatic carbocycles. The van der Waals surface area contributed by atoms with Crippen LogP contribution in [0, 0.1) is 5.92 Å². The summed E-state index contributed by atoms with van der Waals surface area (Å²) in [5.41, 5.74) is 1.22. The highest BCUT2D eigenvalue weighted by molar-refractivity contribution is 5.83. The van der Waals surface area contributed by atoms with Crippen LogP contribution in [0.5, 0.6) is 0 Å². The number of benzene rings is 2. The van der Waals surface area contributed by atoms with Crippen molar-refractivity contribution in [1.29, 1.82) is 0 Å². The van der Waals surface area contributed by atoms with E-state index in [1.807, 2.05) is 6.92 Å². The Morgan fingerprint density at radius 1 is 1.11 bits per heavy atom. The average Bonchev–Trinajstić information content (AvgIpc) is 2.71. The smallest absolute Gasteiger partial charge is 0.308 e. The number of fused-ring (bicyclic) bond motifs is 1. The van der Waals surface area contributed by atoms with E-state index in [2.05, 4.69) is 58.1 Å². The Kier molecular flexibility index (Phi) is 6.69. The van der Waals surface area contributed by atoms with E-state index in [0.717, 1.165) is 38.2 Å². The Morgan fingerprint density at radius 2 is 1.85 bits per heavy atom. The fourth-order valence-corrected chi connectivity index (χ4v) is 3.66. The van der Waals surface area contributed by atoms with Gasteiger partial charge in [0.15, 0.2) is 5.96 Å². The maximum atomic E-state index is 11.9. The van der Waals surface area contributed by atoms with Crippen molar-refractivity contribution in [2.45, 2.75) is 45.2 Å². The molecule has 0 bridgehead atoms. The summed E-state index contributed by atoms with van der Waals surface area (Å²) in [5, 5.41) is 9.39. The van der Waals surface area contributed by atoms with Crippen molar-refractivity contribution in [3.63, 3.8) is 0 Å². The number of carbonyl (C=O) groups is 1. The zero-order chi connectivity index (χ0) is 19.1. The molecule has 0 saturated heterocycles. The highest BCUT2D eigenvalue weighted by Crippen LogP contribution is 2.25. The van der Waals surface area contributed by atoms with Gasteiger partial charge in [-0.25, -0.2) is 0 Å². The Bertz CT molecular complexity index is 795. The lowest BCUT2D eigenvalue weighted by atomic mass is 9.86. The van der Waals surface area contributed by atoms with Crippen molar-refractivity contribution >= 4 is 22.7 Å². The molecule has 5 heteroatoms. The van der Waals surface area contributed by atoms with Crippen molar-refractivity contribution in [1.82, 2.24) is 10.6 Å². The molecule has 0 radical (unpaired) electrons. The number of hydrogen-bond donors (Lipinski definition) is 2. The molecule has 1 aliphatic rings. The number of aliphatic imine (C=N–C) groups is 1. The zero-order valence-electron chi connectivity index (χ0n) is 16.2. The highest BCUT2D eigenvalue weighted by atomic mass is 16.5.